The molecule has 1 rings (SSSR count). The smallest absolute Gasteiger partial charge is 0.338 e. The summed E-state index contributed by atoms with van der Waals surface area (Å²) >= 11 is 11.7. The molecular formula is C13H17Cl2NO3. The first-order valence-electron chi connectivity index (χ1n) is 6.05. The van der Waals surface area contributed by atoms with Gasteiger partial charge in [0.1, 0.15) is 6.61 Å². The maximum atomic E-state index is 11.7. The standard InChI is InChI=1S/C13H17Cl2NO3/c1-2-3-4-18-5-6-19-13(17)9-7-10(14)12(16)11(15)8-9/h7-8H,2-6,16H2,1H3. The van der Waals surface area contributed by atoms with Crippen molar-refractivity contribution in [2.45, 2.75) is 19.8 Å². The highest BCUT2D eigenvalue weighted by Crippen LogP contribution is 2.29. The molecule has 2 N–H and O–H groups in total. The Bertz CT molecular complexity index is 415. The van der Waals surface area contributed by atoms with Crippen molar-refractivity contribution in [3.63, 3.8) is 0 Å². The van der Waals surface area contributed by atoms with Gasteiger partial charge in [-0.3, -0.25) is 0 Å². The second-order valence-corrected chi connectivity index (χ2v) is 4.77. The van der Waals surface area contributed by atoms with Gasteiger partial charge in [0.05, 0.1) is 27.9 Å². The number of benzene rings is 1. The van der Waals surface area contributed by atoms with Gasteiger partial charge >= 0.3 is 5.97 Å². The molecule has 0 amide bonds. The van der Waals surface area contributed by atoms with E-state index in [1.165, 1.54) is 12.1 Å². The lowest BCUT2D eigenvalue weighted by molar-refractivity contribution is 0.0314. The average molecular weight is 306 g/mol. The van der Waals surface area contributed by atoms with Crippen molar-refractivity contribution in [3.05, 3.63) is 27.7 Å². The van der Waals surface area contributed by atoms with E-state index in [-0.39, 0.29) is 27.9 Å². The predicted octanol–water partition coefficient (Wildman–Crippen LogP) is 3.55. The summed E-state index contributed by atoms with van der Waals surface area (Å²) in [6, 6.07) is 2.87. The van der Waals surface area contributed by atoms with Gasteiger partial charge in [-0.1, -0.05) is 36.5 Å². The molecule has 0 atom stereocenters. The van der Waals surface area contributed by atoms with Crippen molar-refractivity contribution in [3.8, 4) is 0 Å². The minimum atomic E-state index is -0.497. The third kappa shape index (κ3) is 5.27. The number of nitrogens with two attached hydrogens (primary N) is 1. The van der Waals surface area contributed by atoms with Gasteiger partial charge in [-0.25, -0.2) is 4.79 Å². The van der Waals surface area contributed by atoms with Gasteiger partial charge in [-0.2, -0.15) is 0 Å². The summed E-state index contributed by atoms with van der Waals surface area (Å²) in [5.74, 6) is -0.497. The monoisotopic (exact) mass is 305 g/mol. The van der Waals surface area contributed by atoms with Crippen LogP contribution in [0.1, 0.15) is 30.1 Å². The quantitative estimate of drug-likeness (QED) is 0.475. The Hall–Kier alpha value is -0.970. The van der Waals surface area contributed by atoms with Crippen molar-refractivity contribution in [1.82, 2.24) is 0 Å². The number of halogens is 2. The molecule has 0 saturated carbocycles. The maximum absolute atomic E-state index is 11.7. The van der Waals surface area contributed by atoms with Gasteiger partial charge in [-0.05, 0) is 18.6 Å². The molecule has 0 radical (unpaired) electrons. The highest BCUT2D eigenvalue weighted by atomic mass is 35.5. The minimum Gasteiger partial charge on any atom is -0.460 e. The zero-order valence-electron chi connectivity index (χ0n) is 10.7. The molecule has 4 nitrogen and oxygen atoms in total. The summed E-state index contributed by atoms with van der Waals surface area (Å²) in [5, 5.41) is 0.470. The Balaban J connectivity index is 2.42. The summed E-state index contributed by atoms with van der Waals surface area (Å²) < 4.78 is 10.3. The second kappa shape index (κ2) is 8.25. The van der Waals surface area contributed by atoms with E-state index in [0.717, 1.165) is 12.8 Å². The van der Waals surface area contributed by atoms with E-state index in [2.05, 4.69) is 6.92 Å². The third-order valence-electron chi connectivity index (χ3n) is 2.42. The van der Waals surface area contributed by atoms with E-state index < -0.39 is 5.97 Å². The van der Waals surface area contributed by atoms with Crippen molar-refractivity contribution in [1.29, 1.82) is 0 Å². The maximum Gasteiger partial charge on any atom is 0.338 e. The zero-order valence-corrected chi connectivity index (χ0v) is 12.3. The van der Waals surface area contributed by atoms with Crippen molar-refractivity contribution in [2.75, 3.05) is 25.6 Å². The molecule has 1 aromatic carbocycles. The van der Waals surface area contributed by atoms with E-state index >= 15 is 0 Å². The average Bonchev–Trinajstić information content (AvgIpc) is 2.39. The van der Waals surface area contributed by atoms with Gasteiger partial charge in [0.15, 0.2) is 0 Å². The van der Waals surface area contributed by atoms with Crippen molar-refractivity contribution in [2.24, 2.45) is 0 Å². The van der Waals surface area contributed by atoms with Crippen molar-refractivity contribution < 1.29 is 14.3 Å². The zero-order chi connectivity index (χ0) is 14.3. The van der Waals surface area contributed by atoms with E-state index in [0.29, 0.717) is 13.2 Å². The normalized spacial score (nSPS) is 10.5. The fourth-order valence-electron chi connectivity index (χ4n) is 1.33. The molecule has 0 fully saturated rings. The van der Waals surface area contributed by atoms with E-state index in [4.69, 9.17) is 38.4 Å². The SMILES string of the molecule is CCCCOCCOC(=O)c1cc(Cl)c(N)c(Cl)c1. The Morgan fingerprint density at radius 2 is 1.84 bits per heavy atom. The van der Waals surface area contributed by atoms with E-state index in [9.17, 15) is 4.79 Å². The van der Waals surface area contributed by atoms with Crippen LogP contribution in [0.4, 0.5) is 5.69 Å². The number of anilines is 1. The van der Waals surface area contributed by atoms with Crippen LogP contribution < -0.4 is 5.73 Å². The lowest BCUT2D eigenvalue weighted by Gasteiger charge is -2.08. The Morgan fingerprint density at radius 1 is 1.21 bits per heavy atom. The van der Waals surface area contributed by atoms with Crippen LogP contribution in [0.2, 0.25) is 10.0 Å². The molecule has 0 aliphatic rings. The molecule has 0 aliphatic carbocycles. The molecule has 0 aliphatic heterocycles. The number of nitrogen functional groups attached to an aromatic ring is 1. The molecule has 0 unspecified atom stereocenters. The number of hydrogen-bond donors (Lipinski definition) is 1. The van der Waals surface area contributed by atoms with Gasteiger partial charge in [0.25, 0.3) is 0 Å². The minimum absolute atomic E-state index is 0.197. The molecule has 0 spiro atoms. The largest absolute Gasteiger partial charge is 0.460 e. The number of ether oxygens (including phenoxy) is 2. The van der Waals surface area contributed by atoms with Crippen LogP contribution in [0.25, 0.3) is 0 Å². The van der Waals surface area contributed by atoms with Crippen LogP contribution in [0.5, 0.6) is 0 Å². The highest BCUT2D eigenvalue weighted by molar-refractivity contribution is 6.39. The van der Waals surface area contributed by atoms with Gasteiger partial charge < -0.3 is 15.2 Å². The summed E-state index contributed by atoms with van der Waals surface area (Å²) in [4.78, 5) is 11.7. The lowest BCUT2D eigenvalue weighted by atomic mass is 10.2. The lowest BCUT2D eigenvalue weighted by Crippen LogP contribution is -2.11. The number of hydrogen-bond acceptors (Lipinski definition) is 4. The first kappa shape index (κ1) is 16.1. The number of rotatable bonds is 7. The fourth-order valence-corrected chi connectivity index (χ4v) is 1.81. The van der Waals surface area contributed by atoms with E-state index in [1.807, 2.05) is 0 Å². The second-order valence-electron chi connectivity index (χ2n) is 3.96. The van der Waals surface area contributed by atoms with Gasteiger partial charge in [0.2, 0.25) is 0 Å². The summed E-state index contributed by atoms with van der Waals surface area (Å²) in [5.41, 5.74) is 6.11. The molecule has 0 bridgehead atoms. The van der Waals surface area contributed by atoms with Gasteiger partial charge in [0, 0.05) is 6.61 Å². The molecule has 0 saturated heterocycles. The van der Waals surface area contributed by atoms with E-state index in [1.54, 1.807) is 0 Å². The highest BCUT2D eigenvalue weighted by Gasteiger charge is 2.12. The Labute approximate surface area is 122 Å². The van der Waals surface area contributed by atoms with Crippen LogP contribution in [0.15, 0.2) is 12.1 Å². The van der Waals surface area contributed by atoms with Gasteiger partial charge in [-0.15, -0.1) is 0 Å². The number of esters is 1. The number of unbranched alkanes of at least 4 members (excludes halogenated alkanes) is 1. The molecule has 1 aromatic rings. The third-order valence-corrected chi connectivity index (χ3v) is 3.04. The Kier molecular flexibility index (Phi) is 6.99. The number of carbonyl (C=O) groups is 1. The van der Waals surface area contributed by atoms with Crippen LogP contribution in [0, 0.1) is 0 Å². The fraction of sp³-hybridized carbons (Fsp3) is 0.462. The van der Waals surface area contributed by atoms with Crippen molar-refractivity contribution >= 4 is 34.9 Å². The number of carbonyl (C=O) groups excluding carboxylic acids is 1. The van der Waals surface area contributed by atoms with Crippen LogP contribution in [-0.4, -0.2) is 25.8 Å². The molecule has 106 valence electrons. The summed E-state index contributed by atoms with van der Waals surface area (Å²) in [7, 11) is 0. The molecule has 0 heterocycles. The molecule has 0 aromatic heterocycles. The summed E-state index contributed by atoms with van der Waals surface area (Å²) in [6.45, 7) is 3.33. The first-order chi connectivity index (χ1) is 9.06. The molecular weight excluding hydrogens is 289 g/mol. The predicted molar refractivity (Wildman–Crippen MR) is 76.9 cm³/mol. The topological polar surface area (TPSA) is 61.5 Å². The van der Waals surface area contributed by atoms with Crippen LogP contribution in [-0.2, 0) is 9.47 Å². The molecule has 6 heteroatoms. The first-order valence-corrected chi connectivity index (χ1v) is 6.81. The van der Waals surface area contributed by atoms with Crippen LogP contribution >= 0.6 is 23.2 Å². The molecule has 19 heavy (non-hydrogen) atoms. The van der Waals surface area contributed by atoms with Crippen LogP contribution in [0.3, 0.4) is 0 Å². The summed E-state index contributed by atoms with van der Waals surface area (Å²) in [6.07, 6.45) is 2.07. The Morgan fingerprint density at radius 3 is 2.42 bits per heavy atom.